The van der Waals surface area contributed by atoms with Crippen molar-refractivity contribution in [2.24, 2.45) is 5.90 Å². The molecule has 0 aliphatic rings. The lowest BCUT2D eigenvalue weighted by atomic mass is 10.1. The first kappa shape index (κ1) is 10.8. The maximum absolute atomic E-state index is 8.15. The van der Waals surface area contributed by atoms with Crippen molar-refractivity contribution in [2.45, 2.75) is 26.3 Å². The van der Waals surface area contributed by atoms with Gasteiger partial charge in [0.15, 0.2) is 0 Å². The minimum absolute atomic E-state index is 0.153. The lowest BCUT2D eigenvalue weighted by molar-refractivity contribution is 0.0918. The average Bonchev–Trinajstić information content (AvgIpc) is 1.71. The minimum atomic E-state index is -0.153. The summed E-state index contributed by atoms with van der Waals surface area (Å²) in [6, 6.07) is 0. The van der Waals surface area contributed by atoms with Crippen LogP contribution in [-0.4, -0.2) is 16.0 Å². The summed E-state index contributed by atoms with van der Waals surface area (Å²) < 4.78 is 0. The van der Waals surface area contributed by atoms with Gasteiger partial charge in [-0.25, -0.2) is 11.4 Å². The summed E-state index contributed by atoms with van der Waals surface area (Å²) in [5.41, 5.74) is 1.95. The van der Waals surface area contributed by atoms with E-state index in [0.29, 0.717) is 0 Å². The Labute approximate surface area is 49.2 Å². The summed E-state index contributed by atoms with van der Waals surface area (Å²) in [5, 5.41) is 14.7. The second kappa shape index (κ2) is 4.99. The lowest BCUT2D eigenvalue weighted by Crippen LogP contribution is -2.32. The monoisotopic (exact) mass is 122 g/mol. The quantitative estimate of drug-likeness (QED) is 0.343. The van der Waals surface area contributed by atoms with Gasteiger partial charge in [-0.05, 0) is 20.8 Å². The number of hydrogen-bond donors (Lipinski definition) is 4. The summed E-state index contributed by atoms with van der Waals surface area (Å²) in [6.07, 6.45) is 0. The highest BCUT2D eigenvalue weighted by Crippen LogP contribution is 1.93. The smallest absolute Gasteiger partial charge is 0.0345 e. The van der Waals surface area contributed by atoms with Crippen LogP contribution in [0.4, 0.5) is 0 Å². The van der Waals surface area contributed by atoms with Gasteiger partial charge in [-0.2, -0.15) is 0 Å². The molecule has 52 valence electrons. The van der Waals surface area contributed by atoms with E-state index in [2.05, 4.69) is 11.4 Å². The van der Waals surface area contributed by atoms with Gasteiger partial charge in [0.2, 0.25) is 0 Å². The molecule has 0 amide bonds. The van der Waals surface area contributed by atoms with Crippen LogP contribution in [0.1, 0.15) is 20.8 Å². The van der Waals surface area contributed by atoms with E-state index in [4.69, 9.17) is 10.4 Å². The molecular formula is C4H14N2O2. The fourth-order valence-electron chi connectivity index (χ4n) is 0. The molecule has 0 aliphatic carbocycles. The van der Waals surface area contributed by atoms with Crippen molar-refractivity contribution in [2.75, 3.05) is 0 Å². The van der Waals surface area contributed by atoms with Crippen LogP contribution in [0.2, 0.25) is 0 Å². The summed E-state index contributed by atoms with van der Waals surface area (Å²) in [7, 11) is 0. The molecule has 0 aromatic carbocycles. The zero-order chi connectivity index (χ0) is 7.21. The van der Waals surface area contributed by atoms with Gasteiger partial charge in [0.1, 0.15) is 0 Å². The molecule has 0 heterocycles. The first-order chi connectivity index (χ1) is 3.56. The first-order valence-corrected chi connectivity index (χ1v) is 2.23. The van der Waals surface area contributed by atoms with Gasteiger partial charge in [-0.15, -0.1) is 0 Å². The van der Waals surface area contributed by atoms with E-state index in [9.17, 15) is 0 Å². The second-order valence-corrected chi connectivity index (χ2v) is 2.36. The predicted molar refractivity (Wildman–Crippen MR) is 30.6 cm³/mol. The van der Waals surface area contributed by atoms with Crippen LogP contribution in [-0.2, 0) is 0 Å². The molecule has 0 saturated heterocycles. The molecule has 0 aromatic heterocycles. The van der Waals surface area contributed by atoms with Crippen LogP contribution in [0.25, 0.3) is 0 Å². The molecule has 4 heteroatoms. The highest BCUT2D eigenvalue weighted by molar-refractivity contribution is 4.61. The molecule has 0 aliphatic heterocycles. The molecule has 0 unspecified atom stereocenters. The molecule has 0 rings (SSSR count). The Kier molecular flexibility index (Phi) is 6.70. The molecule has 4 nitrogen and oxygen atoms in total. The fourth-order valence-corrected chi connectivity index (χ4v) is 0. The largest absolute Gasteiger partial charge is 0.320 e. The third-order valence-electron chi connectivity index (χ3n) is 0.335. The molecule has 0 spiro atoms. The molecule has 5 N–H and O–H groups in total. The van der Waals surface area contributed by atoms with Crippen LogP contribution >= 0.6 is 0 Å². The fraction of sp³-hybridized carbons (Fsp3) is 1.00. The van der Waals surface area contributed by atoms with Gasteiger partial charge in [0, 0.05) is 5.54 Å². The van der Waals surface area contributed by atoms with E-state index in [-0.39, 0.29) is 5.54 Å². The van der Waals surface area contributed by atoms with E-state index in [1.165, 1.54) is 0 Å². The molecule has 0 atom stereocenters. The third kappa shape index (κ3) is 17.0. The Morgan fingerprint density at radius 2 is 1.38 bits per heavy atom. The van der Waals surface area contributed by atoms with Gasteiger partial charge in [0.25, 0.3) is 0 Å². The number of nitrogens with two attached hydrogens (primary N) is 1. The number of rotatable bonds is 0. The zero-order valence-electron chi connectivity index (χ0n) is 5.47. The standard InChI is InChI=1S/C4H11NO.H3NO/c1-4(2,3)5-6;1-2/h5-6H,1-3H3;2H,1H2. The number of hydrogen-bond acceptors (Lipinski definition) is 4. The lowest BCUT2D eigenvalue weighted by Gasteiger charge is -2.13. The van der Waals surface area contributed by atoms with Gasteiger partial charge < -0.3 is 10.4 Å². The second-order valence-electron chi connectivity index (χ2n) is 2.36. The average molecular weight is 122 g/mol. The zero-order valence-corrected chi connectivity index (χ0v) is 5.47. The number of hydroxylamine groups is 1. The van der Waals surface area contributed by atoms with E-state index >= 15 is 0 Å². The molecule has 0 fully saturated rings. The molecule has 0 aromatic rings. The summed E-state index contributed by atoms with van der Waals surface area (Å²) in [4.78, 5) is 0. The van der Waals surface area contributed by atoms with Crippen molar-refractivity contribution < 1.29 is 10.4 Å². The van der Waals surface area contributed by atoms with Crippen LogP contribution in [0.3, 0.4) is 0 Å². The molecule has 8 heavy (non-hydrogen) atoms. The first-order valence-electron chi connectivity index (χ1n) is 2.23. The SMILES string of the molecule is CC(C)(C)NO.NO. The maximum Gasteiger partial charge on any atom is 0.0345 e. The predicted octanol–water partition coefficient (Wildman–Crippen LogP) is 0.0980. The molecule has 0 saturated carbocycles. The van der Waals surface area contributed by atoms with Crippen molar-refractivity contribution in [3.63, 3.8) is 0 Å². The Morgan fingerprint density at radius 3 is 1.38 bits per heavy atom. The van der Waals surface area contributed by atoms with Crippen molar-refractivity contribution in [1.29, 1.82) is 0 Å². The van der Waals surface area contributed by atoms with E-state index in [0.717, 1.165) is 0 Å². The summed E-state index contributed by atoms with van der Waals surface area (Å²) in [5.74, 6) is 3.50. The normalized spacial score (nSPS) is 9.75. The van der Waals surface area contributed by atoms with Crippen molar-refractivity contribution in [3.05, 3.63) is 0 Å². The van der Waals surface area contributed by atoms with Crippen LogP contribution in [0.5, 0.6) is 0 Å². The van der Waals surface area contributed by atoms with Gasteiger partial charge in [0.05, 0.1) is 0 Å². The summed E-state index contributed by atoms with van der Waals surface area (Å²) >= 11 is 0. The van der Waals surface area contributed by atoms with Gasteiger partial charge in [-0.1, -0.05) is 0 Å². The maximum atomic E-state index is 8.15. The Morgan fingerprint density at radius 1 is 1.25 bits per heavy atom. The van der Waals surface area contributed by atoms with Crippen molar-refractivity contribution in [1.82, 2.24) is 5.48 Å². The van der Waals surface area contributed by atoms with Crippen LogP contribution in [0.15, 0.2) is 0 Å². The molecular weight excluding hydrogens is 108 g/mol. The third-order valence-corrected chi connectivity index (χ3v) is 0.335. The highest BCUT2D eigenvalue weighted by atomic mass is 16.5. The van der Waals surface area contributed by atoms with Gasteiger partial charge in [-0.3, -0.25) is 0 Å². The van der Waals surface area contributed by atoms with Crippen LogP contribution < -0.4 is 11.4 Å². The van der Waals surface area contributed by atoms with Crippen LogP contribution in [0, 0.1) is 0 Å². The van der Waals surface area contributed by atoms with E-state index in [1.807, 2.05) is 20.8 Å². The number of nitrogens with one attached hydrogen (secondary N) is 1. The summed E-state index contributed by atoms with van der Waals surface area (Å²) in [6.45, 7) is 5.65. The van der Waals surface area contributed by atoms with Gasteiger partial charge >= 0.3 is 0 Å². The Balaban J connectivity index is 0. The van der Waals surface area contributed by atoms with E-state index < -0.39 is 0 Å². The van der Waals surface area contributed by atoms with Crippen molar-refractivity contribution in [3.8, 4) is 0 Å². The minimum Gasteiger partial charge on any atom is -0.320 e. The van der Waals surface area contributed by atoms with Crippen molar-refractivity contribution >= 4 is 0 Å². The Bertz CT molecular complexity index is 41.8. The highest BCUT2D eigenvalue weighted by Gasteiger charge is 2.03. The molecule has 0 bridgehead atoms. The topological polar surface area (TPSA) is 78.5 Å². The molecule has 0 radical (unpaired) electrons. The Hall–Kier alpha value is -0.160. The van der Waals surface area contributed by atoms with E-state index in [1.54, 1.807) is 0 Å².